The number of amides is 2. The van der Waals surface area contributed by atoms with Crippen LogP contribution in [0.4, 0.5) is 10.1 Å². The van der Waals surface area contributed by atoms with Crippen LogP contribution in [0.2, 0.25) is 0 Å². The summed E-state index contributed by atoms with van der Waals surface area (Å²) in [6, 6.07) is 18.0. The molecular formula is C33H40FN3O5S2. The molecule has 1 fully saturated rings. The van der Waals surface area contributed by atoms with Crippen molar-refractivity contribution in [2.24, 2.45) is 0 Å². The lowest BCUT2D eigenvalue weighted by Crippen LogP contribution is -2.53. The Kier molecular flexibility index (Phi) is 11.7. The molecule has 1 unspecified atom stereocenters. The Hall–Kier alpha value is -3.57. The van der Waals surface area contributed by atoms with Crippen molar-refractivity contribution in [3.05, 3.63) is 84.2 Å². The number of sulfonamides is 1. The van der Waals surface area contributed by atoms with E-state index in [-0.39, 0.29) is 35.7 Å². The van der Waals surface area contributed by atoms with Crippen LogP contribution in [0.25, 0.3) is 0 Å². The zero-order valence-corrected chi connectivity index (χ0v) is 27.0. The topological polar surface area (TPSA) is 96.0 Å². The SMILES string of the molecule is CCOc1ccccc1N(CC(=O)N(Cc1ccc(F)cc1)C(CC)C(=O)NC1CCCC1)S(=O)(=O)c1ccc(SC)cc1. The minimum absolute atomic E-state index is 0.000872. The zero-order chi connectivity index (χ0) is 31.7. The quantitative estimate of drug-likeness (QED) is 0.217. The van der Waals surface area contributed by atoms with E-state index in [9.17, 15) is 22.4 Å². The molecule has 0 aromatic heterocycles. The van der Waals surface area contributed by atoms with Gasteiger partial charge in [-0.1, -0.05) is 44.0 Å². The van der Waals surface area contributed by atoms with Gasteiger partial charge < -0.3 is 15.0 Å². The molecule has 2 amide bonds. The molecule has 1 saturated carbocycles. The Bertz CT molecular complexity index is 1510. The number of benzene rings is 3. The number of nitrogens with zero attached hydrogens (tertiary/aromatic N) is 2. The van der Waals surface area contributed by atoms with Crippen LogP contribution in [-0.2, 0) is 26.2 Å². The van der Waals surface area contributed by atoms with Crippen molar-refractivity contribution < 1.29 is 27.1 Å². The first-order chi connectivity index (χ1) is 21.2. The molecule has 11 heteroatoms. The molecule has 0 saturated heterocycles. The number of hydrogen-bond donors (Lipinski definition) is 1. The predicted molar refractivity (Wildman–Crippen MR) is 172 cm³/mol. The van der Waals surface area contributed by atoms with Crippen molar-refractivity contribution in [3.63, 3.8) is 0 Å². The standard InChI is InChI=1S/C33H40FN3O5S2/c1-4-29(33(39)35-26-10-6-7-11-26)36(22-24-14-16-25(34)17-15-24)32(38)23-37(30-12-8-9-13-31(30)42-5-2)44(40,41)28-20-18-27(43-3)19-21-28/h8-9,12-21,26,29H,4-7,10-11,22-23H2,1-3H3,(H,35,39). The molecule has 8 nitrogen and oxygen atoms in total. The van der Waals surface area contributed by atoms with Crippen LogP contribution in [0.5, 0.6) is 5.75 Å². The van der Waals surface area contributed by atoms with Crippen LogP contribution in [0, 0.1) is 5.82 Å². The minimum atomic E-state index is -4.25. The molecule has 0 bridgehead atoms. The fraction of sp³-hybridized carbons (Fsp3) is 0.394. The normalized spacial score (nSPS) is 14.2. The summed E-state index contributed by atoms with van der Waals surface area (Å²) in [5.41, 5.74) is 0.825. The predicted octanol–water partition coefficient (Wildman–Crippen LogP) is 6.01. The second-order valence-electron chi connectivity index (χ2n) is 10.7. The van der Waals surface area contributed by atoms with Gasteiger partial charge in [0.15, 0.2) is 0 Å². The number of rotatable bonds is 14. The number of anilines is 1. The lowest BCUT2D eigenvalue weighted by molar-refractivity contribution is -0.140. The zero-order valence-electron chi connectivity index (χ0n) is 25.4. The summed E-state index contributed by atoms with van der Waals surface area (Å²) in [5.74, 6) is -0.969. The van der Waals surface area contributed by atoms with Gasteiger partial charge in [0.1, 0.15) is 24.2 Å². The summed E-state index contributed by atoms with van der Waals surface area (Å²) in [5, 5.41) is 3.09. The molecule has 1 aliphatic carbocycles. The molecule has 0 spiro atoms. The first-order valence-corrected chi connectivity index (χ1v) is 17.6. The van der Waals surface area contributed by atoms with E-state index in [1.165, 1.54) is 40.9 Å². The second-order valence-corrected chi connectivity index (χ2v) is 13.4. The molecule has 44 heavy (non-hydrogen) atoms. The van der Waals surface area contributed by atoms with Gasteiger partial charge in [0.25, 0.3) is 10.0 Å². The van der Waals surface area contributed by atoms with Gasteiger partial charge in [-0.2, -0.15) is 0 Å². The highest BCUT2D eigenvalue weighted by Crippen LogP contribution is 2.33. The number of para-hydroxylation sites is 2. The van der Waals surface area contributed by atoms with E-state index in [1.54, 1.807) is 55.5 Å². The van der Waals surface area contributed by atoms with E-state index >= 15 is 0 Å². The molecule has 0 heterocycles. The summed E-state index contributed by atoms with van der Waals surface area (Å²) in [4.78, 5) is 30.2. The smallest absolute Gasteiger partial charge is 0.264 e. The fourth-order valence-corrected chi connectivity index (χ4v) is 7.24. The fourth-order valence-electron chi connectivity index (χ4n) is 5.40. The van der Waals surface area contributed by atoms with Gasteiger partial charge in [0, 0.05) is 17.5 Å². The molecule has 236 valence electrons. The third-order valence-electron chi connectivity index (χ3n) is 7.71. The average molecular weight is 642 g/mol. The van der Waals surface area contributed by atoms with Crippen molar-refractivity contribution in [2.75, 3.05) is 23.7 Å². The van der Waals surface area contributed by atoms with E-state index in [1.807, 2.05) is 13.2 Å². The van der Waals surface area contributed by atoms with Gasteiger partial charge in [0.2, 0.25) is 11.8 Å². The first-order valence-electron chi connectivity index (χ1n) is 14.9. The lowest BCUT2D eigenvalue weighted by atomic mass is 10.1. The molecule has 0 aliphatic heterocycles. The van der Waals surface area contributed by atoms with Crippen LogP contribution >= 0.6 is 11.8 Å². The molecule has 1 atom stereocenters. The maximum Gasteiger partial charge on any atom is 0.264 e. The molecule has 1 aliphatic rings. The average Bonchev–Trinajstić information content (AvgIpc) is 3.54. The second kappa shape index (κ2) is 15.4. The maximum absolute atomic E-state index is 14.3. The van der Waals surface area contributed by atoms with Crippen molar-refractivity contribution in [2.45, 2.75) is 74.4 Å². The summed E-state index contributed by atoms with van der Waals surface area (Å²) >= 11 is 1.49. The number of ether oxygens (including phenoxy) is 1. The number of carbonyl (C=O) groups is 2. The van der Waals surface area contributed by atoms with Crippen molar-refractivity contribution in [3.8, 4) is 5.75 Å². The summed E-state index contributed by atoms with van der Waals surface area (Å²) < 4.78 is 49.0. The minimum Gasteiger partial charge on any atom is -0.492 e. The molecule has 3 aromatic carbocycles. The number of halogens is 1. The summed E-state index contributed by atoms with van der Waals surface area (Å²) in [6.07, 6.45) is 6.03. The number of nitrogens with one attached hydrogen (secondary N) is 1. The summed E-state index contributed by atoms with van der Waals surface area (Å²) in [7, 11) is -4.25. The van der Waals surface area contributed by atoms with E-state index in [2.05, 4.69) is 5.32 Å². The Morgan fingerprint density at radius 3 is 2.27 bits per heavy atom. The highest BCUT2D eigenvalue weighted by Gasteiger charge is 2.35. The van der Waals surface area contributed by atoms with Crippen LogP contribution in [0.15, 0.2) is 82.6 Å². The van der Waals surface area contributed by atoms with Crippen molar-refractivity contribution in [1.29, 1.82) is 0 Å². The van der Waals surface area contributed by atoms with E-state index in [0.717, 1.165) is 34.9 Å². The van der Waals surface area contributed by atoms with E-state index < -0.39 is 34.3 Å². The van der Waals surface area contributed by atoms with E-state index in [4.69, 9.17) is 4.74 Å². The Morgan fingerprint density at radius 1 is 1.00 bits per heavy atom. The van der Waals surface area contributed by atoms with Crippen molar-refractivity contribution >= 4 is 39.3 Å². The molecule has 0 radical (unpaired) electrons. The monoisotopic (exact) mass is 641 g/mol. The Morgan fingerprint density at radius 2 is 1.66 bits per heavy atom. The molecule has 3 aromatic rings. The molecule has 1 N–H and O–H groups in total. The summed E-state index contributed by atoms with van der Waals surface area (Å²) in [6.45, 7) is 3.32. The van der Waals surface area contributed by atoms with Crippen LogP contribution in [0.1, 0.15) is 51.5 Å². The largest absolute Gasteiger partial charge is 0.492 e. The highest BCUT2D eigenvalue weighted by atomic mass is 32.2. The van der Waals surface area contributed by atoms with Gasteiger partial charge in [0.05, 0.1) is 17.2 Å². The van der Waals surface area contributed by atoms with Gasteiger partial charge in [-0.15, -0.1) is 11.8 Å². The van der Waals surface area contributed by atoms with Crippen LogP contribution in [0.3, 0.4) is 0 Å². The first kappa shape index (κ1) is 33.3. The van der Waals surface area contributed by atoms with Crippen molar-refractivity contribution in [1.82, 2.24) is 10.2 Å². The van der Waals surface area contributed by atoms with Gasteiger partial charge >= 0.3 is 0 Å². The van der Waals surface area contributed by atoms with Gasteiger partial charge in [-0.25, -0.2) is 12.8 Å². The Labute approximate surface area is 264 Å². The number of carbonyl (C=O) groups excluding carboxylic acids is 2. The molecular weight excluding hydrogens is 602 g/mol. The lowest BCUT2D eigenvalue weighted by Gasteiger charge is -2.34. The van der Waals surface area contributed by atoms with Crippen LogP contribution in [-0.4, -0.2) is 56.6 Å². The van der Waals surface area contributed by atoms with E-state index in [0.29, 0.717) is 17.7 Å². The maximum atomic E-state index is 14.3. The highest BCUT2D eigenvalue weighted by molar-refractivity contribution is 7.98. The number of thioether (sulfide) groups is 1. The third kappa shape index (κ3) is 8.12. The Balaban J connectivity index is 1.75. The molecule has 4 rings (SSSR count). The van der Waals surface area contributed by atoms with Gasteiger partial charge in [-0.05, 0) is 86.5 Å². The number of hydrogen-bond acceptors (Lipinski definition) is 6. The third-order valence-corrected chi connectivity index (χ3v) is 10.2. The van der Waals surface area contributed by atoms with Crippen LogP contribution < -0.4 is 14.4 Å². The van der Waals surface area contributed by atoms with Gasteiger partial charge in [-0.3, -0.25) is 13.9 Å².